The molecule has 0 radical (unpaired) electrons. The summed E-state index contributed by atoms with van der Waals surface area (Å²) in [5.41, 5.74) is 3.75. The number of hydrogen-bond acceptors (Lipinski definition) is 1. The average molecular weight is 304 g/mol. The third-order valence-corrected chi connectivity index (χ3v) is 3.45. The van der Waals surface area contributed by atoms with Crippen LogP contribution in [0, 0.1) is 6.92 Å². The van der Waals surface area contributed by atoms with Crippen molar-refractivity contribution < 1.29 is 0 Å². The molecule has 0 aliphatic rings. The molecule has 0 saturated heterocycles. The van der Waals surface area contributed by atoms with Gasteiger partial charge in [0.2, 0.25) is 0 Å². The predicted molar refractivity (Wildman–Crippen MR) is 82.0 cm³/mol. The number of hydrogen-bond donors (Lipinski definition) is 1. The lowest BCUT2D eigenvalue weighted by molar-refractivity contribution is 0.749. The summed E-state index contributed by atoms with van der Waals surface area (Å²) >= 11 is 3.54. The molecular weight excluding hydrogens is 286 g/mol. The van der Waals surface area contributed by atoms with Crippen LogP contribution in [0.4, 0.5) is 5.69 Å². The van der Waals surface area contributed by atoms with Crippen molar-refractivity contribution in [1.29, 1.82) is 0 Å². The summed E-state index contributed by atoms with van der Waals surface area (Å²) in [6.07, 6.45) is 1.07. The second-order valence-electron chi connectivity index (χ2n) is 4.53. The van der Waals surface area contributed by atoms with E-state index in [2.05, 4.69) is 83.6 Å². The van der Waals surface area contributed by atoms with Crippen molar-refractivity contribution in [2.75, 3.05) is 5.32 Å². The number of anilines is 1. The van der Waals surface area contributed by atoms with Gasteiger partial charge in [-0.2, -0.15) is 0 Å². The van der Waals surface area contributed by atoms with Crippen molar-refractivity contribution in [2.45, 2.75) is 26.3 Å². The van der Waals surface area contributed by atoms with Gasteiger partial charge in [0.15, 0.2) is 0 Å². The number of aryl methyl sites for hydroxylation is 1. The summed E-state index contributed by atoms with van der Waals surface area (Å²) in [5, 5.41) is 3.60. The monoisotopic (exact) mass is 303 g/mol. The van der Waals surface area contributed by atoms with Crippen LogP contribution in [-0.4, -0.2) is 0 Å². The van der Waals surface area contributed by atoms with Crippen molar-refractivity contribution in [1.82, 2.24) is 0 Å². The molecule has 0 amide bonds. The van der Waals surface area contributed by atoms with Crippen LogP contribution in [0.5, 0.6) is 0 Å². The summed E-state index contributed by atoms with van der Waals surface area (Å²) in [6, 6.07) is 17.4. The zero-order chi connectivity index (χ0) is 13.0. The Morgan fingerprint density at radius 1 is 1.11 bits per heavy atom. The molecule has 1 nitrogen and oxygen atoms in total. The number of benzene rings is 2. The zero-order valence-electron chi connectivity index (χ0n) is 10.8. The van der Waals surface area contributed by atoms with Gasteiger partial charge < -0.3 is 5.32 Å². The van der Waals surface area contributed by atoms with E-state index in [0.29, 0.717) is 6.04 Å². The van der Waals surface area contributed by atoms with E-state index in [1.165, 1.54) is 11.1 Å². The first-order valence-corrected chi connectivity index (χ1v) is 7.07. The number of nitrogens with one attached hydrogen (secondary N) is 1. The molecule has 2 heteroatoms. The van der Waals surface area contributed by atoms with Crippen LogP contribution in [0.25, 0.3) is 0 Å². The smallest absolute Gasteiger partial charge is 0.0511 e. The van der Waals surface area contributed by atoms with Gasteiger partial charge in [0.1, 0.15) is 0 Å². The van der Waals surface area contributed by atoms with Gasteiger partial charge in [-0.05, 0) is 42.7 Å². The molecule has 94 valence electrons. The second-order valence-corrected chi connectivity index (χ2v) is 5.45. The predicted octanol–water partition coefficient (Wildman–Crippen LogP) is 5.32. The minimum atomic E-state index is 0.361. The van der Waals surface area contributed by atoms with Crippen molar-refractivity contribution in [2.24, 2.45) is 0 Å². The third kappa shape index (κ3) is 3.36. The molecule has 0 aliphatic carbocycles. The van der Waals surface area contributed by atoms with Gasteiger partial charge in [-0.15, -0.1) is 0 Å². The van der Waals surface area contributed by atoms with E-state index in [4.69, 9.17) is 0 Å². The largest absolute Gasteiger partial charge is 0.378 e. The Morgan fingerprint density at radius 2 is 1.83 bits per heavy atom. The molecule has 0 saturated carbocycles. The first kappa shape index (κ1) is 13.2. The Morgan fingerprint density at radius 3 is 2.44 bits per heavy atom. The molecule has 1 N–H and O–H groups in total. The van der Waals surface area contributed by atoms with E-state index >= 15 is 0 Å². The Hall–Kier alpha value is -1.28. The fraction of sp³-hybridized carbons (Fsp3) is 0.250. The van der Waals surface area contributed by atoms with Crippen molar-refractivity contribution in [3.63, 3.8) is 0 Å². The lowest BCUT2D eigenvalue weighted by Crippen LogP contribution is -2.09. The van der Waals surface area contributed by atoms with E-state index in [-0.39, 0.29) is 0 Å². The van der Waals surface area contributed by atoms with Crippen molar-refractivity contribution >= 4 is 21.6 Å². The van der Waals surface area contributed by atoms with Gasteiger partial charge in [-0.25, -0.2) is 0 Å². The van der Waals surface area contributed by atoms with Gasteiger partial charge >= 0.3 is 0 Å². The summed E-state index contributed by atoms with van der Waals surface area (Å²) in [7, 11) is 0. The maximum atomic E-state index is 3.60. The summed E-state index contributed by atoms with van der Waals surface area (Å²) in [6.45, 7) is 4.31. The minimum absolute atomic E-state index is 0.361. The highest BCUT2D eigenvalue weighted by atomic mass is 79.9. The van der Waals surface area contributed by atoms with Gasteiger partial charge in [0, 0.05) is 10.2 Å². The van der Waals surface area contributed by atoms with E-state index < -0.39 is 0 Å². The summed E-state index contributed by atoms with van der Waals surface area (Å²) in [4.78, 5) is 0. The molecule has 0 spiro atoms. The van der Waals surface area contributed by atoms with Crippen LogP contribution < -0.4 is 5.32 Å². The molecule has 1 atom stereocenters. The van der Waals surface area contributed by atoms with Crippen LogP contribution in [0.1, 0.15) is 30.5 Å². The van der Waals surface area contributed by atoms with Crippen LogP contribution in [-0.2, 0) is 0 Å². The zero-order valence-corrected chi connectivity index (χ0v) is 12.4. The molecule has 18 heavy (non-hydrogen) atoms. The topological polar surface area (TPSA) is 12.0 Å². The molecule has 2 rings (SSSR count). The maximum absolute atomic E-state index is 3.60. The van der Waals surface area contributed by atoms with Gasteiger partial charge in [-0.1, -0.05) is 53.2 Å². The fourth-order valence-corrected chi connectivity index (χ4v) is 2.74. The fourth-order valence-electron chi connectivity index (χ4n) is 2.13. The number of halogens is 1. The maximum Gasteiger partial charge on any atom is 0.0511 e. The standard InChI is InChI=1S/C16H18BrN/c1-3-16(13-7-5-4-6-8-13)18-15-10-12(2)9-14(17)11-15/h4-11,16,18H,3H2,1-2H3. The lowest BCUT2D eigenvalue weighted by Gasteiger charge is -2.19. The molecule has 0 bridgehead atoms. The highest BCUT2D eigenvalue weighted by Gasteiger charge is 2.08. The minimum Gasteiger partial charge on any atom is -0.378 e. The Balaban J connectivity index is 2.20. The average Bonchev–Trinajstić information content (AvgIpc) is 2.36. The molecule has 0 aromatic heterocycles. The van der Waals surface area contributed by atoms with E-state index in [1.807, 2.05) is 0 Å². The van der Waals surface area contributed by atoms with Crippen LogP contribution in [0.15, 0.2) is 53.0 Å². The van der Waals surface area contributed by atoms with Gasteiger partial charge in [0.05, 0.1) is 6.04 Å². The molecule has 0 fully saturated rings. The molecule has 0 aliphatic heterocycles. The summed E-state index contributed by atoms with van der Waals surface area (Å²) in [5.74, 6) is 0. The Labute approximate surface area is 117 Å². The van der Waals surface area contributed by atoms with Crippen LogP contribution >= 0.6 is 15.9 Å². The number of rotatable bonds is 4. The molecular formula is C16H18BrN. The molecule has 2 aromatic rings. The van der Waals surface area contributed by atoms with Crippen molar-refractivity contribution in [3.8, 4) is 0 Å². The highest BCUT2D eigenvalue weighted by Crippen LogP contribution is 2.25. The van der Waals surface area contributed by atoms with Crippen LogP contribution in [0.2, 0.25) is 0 Å². The SMILES string of the molecule is CCC(Nc1cc(C)cc(Br)c1)c1ccccc1. The normalized spacial score (nSPS) is 12.2. The van der Waals surface area contributed by atoms with E-state index in [0.717, 1.165) is 16.6 Å². The van der Waals surface area contributed by atoms with Crippen molar-refractivity contribution in [3.05, 3.63) is 64.1 Å². The molecule has 1 unspecified atom stereocenters. The highest BCUT2D eigenvalue weighted by molar-refractivity contribution is 9.10. The Kier molecular flexibility index (Phi) is 4.43. The van der Waals surface area contributed by atoms with E-state index in [9.17, 15) is 0 Å². The second kappa shape index (κ2) is 6.05. The quantitative estimate of drug-likeness (QED) is 0.806. The summed E-state index contributed by atoms with van der Waals surface area (Å²) < 4.78 is 1.12. The lowest BCUT2D eigenvalue weighted by atomic mass is 10.0. The van der Waals surface area contributed by atoms with Gasteiger partial charge in [0.25, 0.3) is 0 Å². The molecule has 0 heterocycles. The first-order valence-electron chi connectivity index (χ1n) is 6.27. The van der Waals surface area contributed by atoms with Crippen LogP contribution in [0.3, 0.4) is 0 Å². The third-order valence-electron chi connectivity index (χ3n) is 2.99. The van der Waals surface area contributed by atoms with Gasteiger partial charge in [-0.3, -0.25) is 0 Å². The van der Waals surface area contributed by atoms with E-state index in [1.54, 1.807) is 0 Å². The molecule has 2 aromatic carbocycles. The first-order chi connectivity index (χ1) is 8.69. The Bertz CT molecular complexity index is 488.